The zero-order valence-corrected chi connectivity index (χ0v) is 8.54. The van der Waals surface area contributed by atoms with Crippen LogP contribution in [0.5, 0.6) is 0 Å². The molecule has 1 heteroatoms. The first-order valence-electron chi connectivity index (χ1n) is 3.69. The standard InChI is InChI=1S/2C5H5.CH2.Ti/c2*1-2-4-5-3-1;;/h2*1-5H;1H2;/q2*-1;;+2. The van der Waals surface area contributed by atoms with E-state index >= 15 is 0 Å². The van der Waals surface area contributed by atoms with E-state index in [0.29, 0.717) is 0 Å². The smallest absolute Gasteiger partial charge is 0.172 e. The van der Waals surface area contributed by atoms with Gasteiger partial charge in [-0.05, 0) is 0 Å². The van der Waals surface area contributed by atoms with Gasteiger partial charge >= 0.3 is 24.8 Å². The third kappa shape index (κ3) is 7.39. The summed E-state index contributed by atoms with van der Waals surface area (Å²) in [6.07, 6.45) is 0. The monoisotopic (exact) mass is 192 g/mol. The molecule has 2 aromatic rings. The first kappa shape index (κ1) is 11.3. The summed E-state index contributed by atoms with van der Waals surface area (Å²) < 4.78 is 0. The van der Waals surface area contributed by atoms with Crippen molar-refractivity contribution in [1.82, 2.24) is 0 Å². The molecule has 60 valence electrons. The minimum absolute atomic E-state index is 1.75. The fourth-order valence-electron chi connectivity index (χ4n) is 0.642. The molecule has 0 bridgehead atoms. The van der Waals surface area contributed by atoms with Crippen molar-refractivity contribution in [3.05, 3.63) is 60.7 Å². The molecule has 0 N–H and O–H groups in total. The van der Waals surface area contributed by atoms with Crippen molar-refractivity contribution >= 4 is 4.82 Å². The second-order valence-corrected chi connectivity index (χ2v) is 1.92. The van der Waals surface area contributed by atoms with E-state index in [4.69, 9.17) is 0 Å². The van der Waals surface area contributed by atoms with Crippen molar-refractivity contribution in [2.75, 3.05) is 0 Å². The van der Waals surface area contributed by atoms with Gasteiger partial charge in [0.25, 0.3) is 0 Å². The van der Waals surface area contributed by atoms with E-state index in [1.807, 2.05) is 60.7 Å². The molecule has 0 aliphatic heterocycles. The fourth-order valence-corrected chi connectivity index (χ4v) is 0.642. The molecule has 0 saturated carbocycles. The summed E-state index contributed by atoms with van der Waals surface area (Å²) in [5.74, 6) is 0. The van der Waals surface area contributed by atoms with Gasteiger partial charge in [-0.2, -0.15) is 36.4 Å². The molecule has 0 amide bonds. The first-order chi connectivity index (χ1) is 6.00. The van der Waals surface area contributed by atoms with Crippen LogP contribution in [0, 0.1) is 0 Å². The average molecular weight is 192 g/mol. The zero-order valence-electron chi connectivity index (χ0n) is 6.98. The predicted octanol–water partition coefficient (Wildman–Crippen LogP) is 2.78. The van der Waals surface area contributed by atoms with E-state index in [-0.39, 0.29) is 0 Å². The van der Waals surface area contributed by atoms with Crippen LogP contribution >= 0.6 is 0 Å². The summed E-state index contributed by atoms with van der Waals surface area (Å²) in [7, 11) is 0. The van der Waals surface area contributed by atoms with Crippen LogP contribution < -0.4 is 0 Å². The van der Waals surface area contributed by atoms with Gasteiger partial charge in [0, 0.05) is 0 Å². The Kier molecular flexibility index (Phi) is 9.67. The molecule has 0 spiro atoms. The third-order valence-electron chi connectivity index (χ3n) is 1.11. The molecule has 0 aromatic heterocycles. The summed E-state index contributed by atoms with van der Waals surface area (Å²) in [4.78, 5) is 3.25. The normalized spacial score (nSPS) is 7.17. The molecular formula is C11H12Ti. The van der Waals surface area contributed by atoms with Crippen LogP contribution in [0.3, 0.4) is 0 Å². The van der Waals surface area contributed by atoms with Gasteiger partial charge in [0.2, 0.25) is 0 Å². The molecule has 0 unspecified atom stereocenters. The maximum atomic E-state index is 3.25. The van der Waals surface area contributed by atoms with E-state index in [9.17, 15) is 0 Å². The Morgan fingerprint density at radius 2 is 0.917 bits per heavy atom. The zero-order chi connectivity index (χ0) is 9.07. The van der Waals surface area contributed by atoms with Crippen LogP contribution in [0.2, 0.25) is 0 Å². The molecule has 2 aromatic carbocycles. The van der Waals surface area contributed by atoms with Crippen LogP contribution in [0.1, 0.15) is 0 Å². The van der Waals surface area contributed by atoms with E-state index in [1.54, 1.807) is 20.0 Å². The quantitative estimate of drug-likeness (QED) is 0.444. The van der Waals surface area contributed by atoms with Gasteiger partial charge in [0.1, 0.15) is 0 Å². The van der Waals surface area contributed by atoms with Crippen LogP contribution in [0.15, 0.2) is 60.7 Å². The van der Waals surface area contributed by atoms with Crippen molar-refractivity contribution in [1.29, 1.82) is 0 Å². The predicted molar refractivity (Wildman–Crippen MR) is 51.2 cm³/mol. The summed E-state index contributed by atoms with van der Waals surface area (Å²) in [5, 5.41) is 0. The number of rotatable bonds is 0. The van der Waals surface area contributed by atoms with Gasteiger partial charge in [0.15, 0.2) is 0 Å². The van der Waals surface area contributed by atoms with Gasteiger partial charge in [0.05, 0.1) is 0 Å². The summed E-state index contributed by atoms with van der Waals surface area (Å²) >= 11 is 1.75. The summed E-state index contributed by atoms with van der Waals surface area (Å²) in [6, 6.07) is 20.0. The van der Waals surface area contributed by atoms with Crippen molar-refractivity contribution in [3.63, 3.8) is 0 Å². The van der Waals surface area contributed by atoms with Crippen molar-refractivity contribution < 1.29 is 20.0 Å². The van der Waals surface area contributed by atoms with E-state index in [1.165, 1.54) is 0 Å². The molecule has 0 atom stereocenters. The van der Waals surface area contributed by atoms with Crippen molar-refractivity contribution in [2.45, 2.75) is 0 Å². The Balaban J connectivity index is 0.000000168. The van der Waals surface area contributed by atoms with Gasteiger partial charge in [-0.25, -0.2) is 24.3 Å². The maximum absolute atomic E-state index is 3.25. The SMILES string of the molecule is [CH2]=[Ti+2].c1cc[cH-]c1.c1cc[cH-]c1. The summed E-state index contributed by atoms with van der Waals surface area (Å²) in [5.41, 5.74) is 0. The fraction of sp³-hybridized carbons (Fsp3) is 0. The molecule has 0 radical (unpaired) electrons. The van der Waals surface area contributed by atoms with Gasteiger partial charge < -0.3 is 0 Å². The molecule has 0 aliphatic rings. The van der Waals surface area contributed by atoms with Gasteiger partial charge in [-0.1, -0.05) is 0 Å². The van der Waals surface area contributed by atoms with Crippen molar-refractivity contribution in [3.8, 4) is 0 Å². The third-order valence-corrected chi connectivity index (χ3v) is 1.11. The second-order valence-electron chi connectivity index (χ2n) is 1.92. The summed E-state index contributed by atoms with van der Waals surface area (Å²) in [6.45, 7) is 0. The van der Waals surface area contributed by atoms with Crippen LogP contribution in [0.25, 0.3) is 0 Å². The van der Waals surface area contributed by atoms with Crippen LogP contribution in [-0.4, -0.2) is 4.82 Å². The number of hydrogen-bond acceptors (Lipinski definition) is 0. The molecule has 0 fully saturated rings. The van der Waals surface area contributed by atoms with E-state index < -0.39 is 0 Å². The Hall–Kier alpha value is -0.716. The first-order valence-corrected chi connectivity index (χ1v) is 4.79. The Morgan fingerprint density at radius 1 is 0.667 bits per heavy atom. The molecular weight excluding hydrogens is 180 g/mol. The number of hydrogen-bond donors (Lipinski definition) is 0. The Labute approximate surface area is 85.5 Å². The van der Waals surface area contributed by atoms with E-state index in [0.717, 1.165) is 0 Å². The molecule has 0 heterocycles. The molecule has 0 aliphatic carbocycles. The largest absolute Gasteiger partial charge is 0.214 e. The molecule has 0 saturated heterocycles. The van der Waals surface area contributed by atoms with Gasteiger partial charge in [-0.3, -0.25) is 0 Å². The maximum Gasteiger partial charge on any atom is -0.172 e. The second kappa shape index (κ2) is 10.3. The molecule has 2 rings (SSSR count). The average Bonchev–Trinajstić information content (AvgIpc) is 2.87. The van der Waals surface area contributed by atoms with Gasteiger partial charge in [-0.15, -0.1) is 0 Å². The molecule has 12 heavy (non-hydrogen) atoms. The minimum Gasteiger partial charge on any atom is -0.214 e. The molecule has 0 nitrogen and oxygen atoms in total. The van der Waals surface area contributed by atoms with Crippen LogP contribution in [-0.2, 0) is 20.0 Å². The van der Waals surface area contributed by atoms with E-state index in [2.05, 4.69) is 4.82 Å². The Bertz CT molecular complexity index is 157. The van der Waals surface area contributed by atoms with Crippen LogP contribution in [0.4, 0.5) is 0 Å². The van der Waals surface area contributed by atoms with Crippen molar-refractivity contribution in [2.24, 2.45) is 0 Å². The minimum atomic E-state index is 1.75. The topological polar surface area (TPSA) is 0 Å². The Morgan fingerprint density at radius 3 is 1.00 bits per heavy atom.